The van der Waals surface area contributed by atoms with E-state index in [0.717, 1.165) is 11.3 Å². The first-order valence-corrected chi connectivity index (χ1v) is 5.22. The summed E-state index contributed by atoms with van der Waals surface area (Å²) >= 11 is 0. The molecule has 7 nitrogen and oxygen atoms in total. The van der Waals surface area contributed by atoms with Gasteiger partial charge in [0.1, 0.15) is 6.33 Å². The Morgan fingerprint density at radius 1 is 1.17 bits per heavy atom. The van der Waals surface area contributed by atoms with Crippen molar-refractivity contribution >= 4 is 0 Å². The van der Waals surface area contributed by atoms with Crippen LogP contribution in [0.4, 0.5) is 0 Å². The summed E-state index contributed by atoms with van der Waals surface area (Å²) in [6, 6.07) is 10.6. The number of benzene rings is 1. The lowest BCUT2D eigenvalue weighted by molar-refractivity contribution is 0.789. The summed E-state index contributed by atoms with van der Waals surface area (Å²) in [7, 11) is 0. The molecule has 0 radical (unpaired) electrons. The fourth-order valence-corrected chi connectivity index (χ4v) is 1.59. The third kappa shape index (κ3) is 1.88. The minimum atomic E-state index is -0.226. The molecule has 18 heavy (non-hydrogen) atoms. The normalized spacial score (nSPS) is 10.4. The number of hydrogen-bond acceptors (Lipinski definition) is 5. The Morgan fingerprint density at radius 2 is 2.11 bits per heavy atom. The minimum absolute atomic E-state index is 0.226. The van der Waals surface area contributed by atoms with E-state index < -0.39 is 0 Å². The van der Waals surface area contributed by atoms with Gasteiger partial charge >= 0.3 is 0 Å². The van der Waals surface area contributed by atoms with Gasteiger partial charge in [-0.2, -0.15) is 5.10 Å². The van der Waals surface area contributed by atoms with Gasteiger partial charge in [-0.25, -0.2) is 9.78 Å². The summed E-state index contributed by atoms with van der Waals surface area (Å²) in [6.45, 7) is 0. The summed E-state index contributed by atoms with van der Waals surface area (Å²) < 4.78 is 1.55. The molecule has 0 aliphatic carbocycles. The maximum atomic E-state index is 11.0. The van der Waals surface area contributed by atoms with Crippen LogP contribution in [0.3, 0.4) is 0 Å². The second kappa shape index (κ2) is 4.21. The summed E-state index contributed by atoms with van der Waals surface area (Å²) in [5.41, 5.74) is 2.16. The number of rotatable bonds is 2. The number of nitrogens with zero attached hydrogens (tertiary/aromatic N) is 5. The molecule has 2 aromatic heterocycles. The molecule has 3 rings (SSSR count). The number of H-pyrrole nitrogens is 1. The zero-order chi connectivity index (χ0) is 12.4. The highest BCUT2D eigenvalue weighted by Gasteiger charge is 2.03. The molecule has 2 heterocycles. The molecule has 7 heteroatoms. The molecule has 88 valence electrons. The fourth-order valence-electron chi connectivity index (χ4n) is 1.59. The molecule has 0 fully saturated rings. The predicted octanol–water partition coefficient (Wildman–Crippen LogP) is 0.413. The quantitative estimate of drug-likeness (QED) is 0.700. The molecule has 0 saturated carbocycles. The van der Waals surface area contributed by atoms with Crippen molar-refractivity contribution < 1.29 is 0 Å². The maximum absolute atomic E-state index is 11.0. The van der Waals surface area contributed by atoms with Crippen molar-refractivity contribution in [3.8, 4) is 16.9 Å². The Hall–Kier alpha value is -2.83. The number of aromatic amines is 1. The lowest BCUT2D eigenvalue weighted by atomic mass is 10.1. The molecule has 0 spiro atoms. The van der Waals surface area contributed by atoms with Crippen LogP contribution in [0.5, 0.6) is 0 Å². The summed E-state index contributed by atoms with van der Waals surface area (Å²) in [6.07, 6.45) is 1.51. The van der Waals surface area contributed by atoms with Crippen LogP contribution in [0, 0.1) is 0 Å². The van der Waals surface area contributed by atoms with Gasteiger partial charge in [0.05, 0.1) is 11.4 Å². The highest BCUT2D eigenvalue weighted by molar-refractivity contribution is 5.61. The largest absolute Gasteiger partial charge is 0.268 e. The van der Waals surface area contributed by atoms with Crippen LogP contribution in [0.2, 0.25) is 0 Å². The van der Waals surface area contributed by atoms with Crippen LogP contribution in [0.1, 0.15) is 0 Å². The molecule has 0 saturated heterocycles. The topological polar surface area (TPSA) is 89.3 Å². The predicted molar refractivity (Wildman–Crippen MR) is 63.0 cm³/mol. The highest BCUT2D eigenvalue weighted by atomic mass is 16.1. The number of nitrogens with one attached hydrogen (secondary N) is 1. The zero-order valence-corrected chi connectivity index (χ0v) is 9.19. The van der Waals surface area contributed by atoms with E-state index >= 15 is 0 Å². The van der Waals surface area contributed by atoms with Crippen molar-refractivity contribution in [1.82, 2.24) is 30.4 Å². The van der Waals surface area contributed by atoms with E-state index in [2.05, 4.69) is 25.7 Å². The van der Waals surface area contributed by atoms with Crippen molar-refractivity contribution in [2.24, 2.45) is 0 Å². The molecular formula is C11H8N6O. The van der Waals surface area contributed by atoms with E-state index in [9.17, 15) is 4.79 Å². The summed E-state index contributed by atoms with van der Waals surface area (Å²) in [4.78, 5) is 11.0. The standard InChI is InChI=1S/C11H8N6O/c18-11-5-4-10(13-14-11)8-2-1-3-9(6-8)17-7-12-15-16-17/h1-7H,(H,14,18). The molecule has 0 unspecified atom stereocenters. The Morgan fingerprint density at radius 3 is 2.83 bits per heavy atom. The van der Waals surface area contributed by atoms with Gasteiger partial charge in [-0.15, -0.1) is 5.10 Å². The van der Waals surface area contributed by atoms with Gasteiger partial charge in [-0.05, 0) is 28.6 Å². The van der Waals surface area contributed by atoms with Crippen molar-refractivity contribution in [3.63, 3.8) is 0 Å². The van der Waals surface area contributed by atoms with Crippen LogP contribution >= 0.6 is 0 Å². The van der Waals surface area contributed by atoms with Crippen LogP contribution in [-0.4, -0.2) is 30.4 Å². The van der Waals surface area contributed by atoms with E-state index in [4.69, 9.17) is 0 Å². The molecule has 0 aliphatic rings. The van der Waals surface area contributed by atoms with Crippen LogP contribution in [0.25, 0.3) is 16.9 Å². The SMILES string of the molecule is O=c1ccc(-c2cccc(-n3cnnn3)c2)n[nH]1. The van der Waals surface area contributed by atoms with Gasteiger partial charge in [-0.3, -0.25) is 4.79 Å². The molecule has 0 aliphatic heterocycles. The van der Waals surface area contributed by atoms with Gasteiger partial charge in [0.15, 0.2) is 0 Å². The van der Waals surface area contributed by atoms with Crippen molar-refractivity contribution in [2.45, 2.75) is 0 Å². The molecule has 0 bridgehead atoms. The highest BCUT2D eigenvalue weighted by Crippen LogP contribution is 2.18. The van der Waals surface area contributed by atoms with E-state index in [1.807, 2.05) is 24.3 Å². The van der Waals surface area contributed by atoms with Gasteiger partial charge in [0, 0.05) is 11.6 Å². The summed E-state index contributed by atoms with van der Waals surface area (Å²) in [5, 5.41) is 17.3. The van der Waals surface area contributed by atoms with Gasteiger partial charge < -0.3 is 0 Å². The Labute approximate surface area is 101 Å². The van der Waals surface area contributed by atoms with Gasteiger partial charge in [0.2, 0.25) is 0 Å². The maximum Gasteiger partial charge on any atom is 0.264 e. The first kappa shape index (κ1) is 10.3. The van der Waals surface area contributed by atoms with E-state index in [0.29, 0.717) is 5.69 Å². The smallest absolute Gasteiger partial charge is 0.264 e. The first-order valence-electron chi connectivity index (χ1n) is 5.22. The lowest BCUT2D eigenvalue weighted by Gasteiger charge is -2.03. The van der Waals surface area contributed by atoms with Gasteiger partial charge in [-0.1, -0.05) is 12.1 Å². The Bertz CT molecular complexity index is 698. The molecule has 0 amide bonds. The summed E-state index contributed by atoms with van der Waals surface area (Å²) in [5.74, 6) is 0. The zero-order valence-electron chi connectivity index (χ0n) is 9.19. The van der Waals surface area contributed by atoms with Crippen molar-refractivity contribution in [2.75, 3.05) is 0 Å². The first-order chi connectivity index (χ1) is 8.83. The van der Waals surface area contributed by atoms with E-state index in [-0.39, 0.29) is 5.56 Å². The van der Waals surface area contributed by atoms with Crippen LogP contribution < -0.4 is 5.56 Å². The molecule has 1 N–H and O–H groups in total. The second-order valence-electron chi connectivity index (χ2n) is 3.61. The van der Waals surface area contributed by atoms with Crippen LogP contribution in [-0.2, 0) is 0 Å². The fraction of sp³-hybridized carbons (Fsp3) is 0. The van der Waals surface area contributed by atoms with Crippen molar-refractivity contribution in [3.05, 3.63) is 53.1 Å². The Balaban J connectivity index is 2.06. The monoisotopic (exact) mass is 240 g/mol. The van der Waals surface area contributed by atoms with E-state index in [1.165, 1.54) is 12.4 Å². The molecular weight excluding hydrogens is 232 g/mol. The minimum Gasteiger partial charge on any atom is -0.268 e. The van der Waals surface area contributed by atoms with Crippen molar-refractivity contribution in [1.29, 1.82) is 0 Å². The molecule has 0 atom stereocenters. The lowest BCUT2D eigenvalue weighted by Crippen LogP contribution is -2.05. The van der Waals surface area contributed by atoms with E-state index in [1.54, 1.807) is 10.7 Å². The third-order valence-corrected chi connectivity index (χ3v) is 2.43. The average Bonchev–Trinajstić information content (AvgIpc) is 2.94. The second-order valence-corrected chi connectivity index (χ2v) is 3.61. The third-order valence-electron chi connectivity index (χ3n) is 2.43. The molecule has 1 aromatic carbocycles. The average molecular weight is 240 g/mol. The number of aromatic nitrogens is 6. The van der Waals surface area contributed by atoms with Crippen LogP contribution in [0.15, 0.2) is 47.5 Å². The number of hydrogen-bond donors (Lipinski definition) is 1. The number of tetrazole rings is 1. The Kier molecular flexibility index (Phi) is 2.41. The van der Waals surface area contributed by atoms with Gasteiger partial charge in [0.25, 0.3) is 5.56 Å². The molecule has 3 aromatic rings.